The van der Waals surface area contributed by atoms with Crippen molar-refractivity contribution in [2.45, 2.75) is 12.5 Å². The average molecular weight is 282 g/mol. The van der Waals surface area contributed by atoms with Crippen molar-refractivity contribution >= 4 is 17.5 Å². The second-order valence-electron chi connectivity index (χ2n) is 4.61. The van der Waals surface area contributed by atoms with Gasteiger partial charge in [-0.3, -0.25) is 5.10 Å². The number of nitrogens with zero attached hydrogens (tertiary/aromatic N) is 3. The molecule has 5 nitrogen and oxygen atoms in total. The van der Waals surface area contributed by atoms with Gasteiger partial charge in [0.2, 0.25) is 5.95 Å². The highest BCUT2D eigenvalue weighted by atomic mass is 35.5. The van der Waals surface area contributed by atoms with Crippen LogP contribution in [0.2, 0.25) is 5.02 Å². The molecule has 1 aromatic carbocycles. The van der Waals surface area contributed by atoms with E-state index in [9.17, 15) is 4.39 Å². The van der Waals surface area contributed by atoms with Gasteiger partial charge in [0.25, 0.3) is 0 Å². The van der Waals surface area contributed by atoms with Gasteiger partial charge in [-0.2, -0.15) is 4.98 Å². The SMILES string of the molecule is NC1CCN(c2n[nH]c(-c3ccc(F)c(Cl)c3)n2)C1. The van der Waals surface area contributed by atoms with E-state index in [1.165, 1.54) is 12.1 Å². The first-order valence-electron chi connectivity index (χ1n) is 6.02. The molecular formula is C12H13ClFN5. The molecule has 100 valence electrons. The van der Waals surface area contributed by atoms with Crippen molar-refractivity contribution < 1.29 is 4.39 Å². The van der Waals surface area contributed by atoms with Crippen molar-refractivity contribution in [1.29, 1.82) is 0 Å². The molecule has 0 amide bonds. The number of aromatic nitrogens is 3. The lowest BCUT2D eigenvalue weighted by atomic mass is 10.2. The normalized spacial score (nSPS) is 19.1. The van der Waals surface area contributed by atoms with Gasteiger partial charge in [0, 0.05) is 24.7 Å². The highest BCUT2D eigenvalue weighted by molar-refractivity contribution is 6.31. The minimum absolute atomic E-state index is 0.0682. The zero-order valence-corrected chi connectivity index (χ0v) is 10.9. The zero-order chi connectivity index (χ0) is 13.4. The van der Waals surface area contributed by atoms with Crippen LogP contribution in [0.1, 0.15) is 6.42 Å². The summed E-state index contributed by atoms with van der Waals surface area (Å²) in [6, 6.07) is 4.62. The first-order valence-corrected chi connectivity index (χ1v) is 6.39. The molecule has 2 heterocycles. The average Bonchev–Trinajstić information content (AvgIpc) is 3.01. The highest BCUT2D eigenvalue weighted by Crippen LogP contribution is 2.24. The first kappa shape index (κ1) is 12.4. The molecule has 1 fully saturated rings. The predicted molar refractivity (Wildman–Crippen MR) is 71.6 cm³/mol. The molecule has 2 aromatic rings. The summed E-state index contributed by atoms with van der Waals surface area (Å²) in [7, 11) is 0. The van der Waals surface area contributed by atoms with Gasteiger partial charge in [-0.25, -0.2) is 4.39 Å². The molecule has 1 aromatic heterocycles. The maximum absolute atomic E-state index is 13.1. The fourth-order valence-electron chi connectivity index (χ4n) is 2.14. The minimum Gasteiger partial charge on any atom is -0.338 e. The molecule has 1 saturated heterocycles. The number of nitrogens with one attached hydrogen (secondary N) is 1. The Morgan fingerprint density at radius 1 is 1.47 bits per heavy atom. The van der Waals surface area contributed by atoms with Crippen LogP contribution in [0.5, 0.6) is 0 Å². The smallest absolute Gasteiger partial charge is 0.245 e. The first-order chi connectivity index (χ1) is 9.13. The quantitative estimate of drug-likeness (QED) is 0.881. The molecular weight excluding hydrogens is 269 g/mol. The van der Waals surface area contributed by atoms with Gasteiger partial charge >= 0.3 is 0 Å². The van der Waals surface area contributed by atoms with E-state index in [-0.39, 0.29) is 11.1 Å². The lowest BCUT2D eigenvalue weighted by molar-refractivity contribution is 0.628. The molecule has 0 radical (unpaired) electrons. The van der Waals surface area contributed by atoms with Crippen molar-refractivity contribution in [1.82, 2.24) is 15.2 Å². The van der Waals surface area contributed by atoms with Crippen molar-refractivity contribution in [2.24, 2.45) is 5.73 Å². The summed E-state index contributed by atoms with van der Waals surface area (Å²) in [5, 5.41) is 7.06. The number of anilines is 1. The number of benzene rings is 1. The van der Waals surface area contributed by atoms with E-state index in [0.717, 1.165) is 19.5 Å². The number of hydrogen-bond donors (Lipinski definition) is 2. The summed E-state index contributed by atoms with van der Waals surface area (Å²) in [6.45, 7) is 1.60. The summed E-state index contributed by atoms with van der Waals surface area (Å²) in [5.41, 5.74) is 6.55. The third kappa shape index (κ3) is 2.41. The number of hydrogen-bond acceptors (Lipinski definition) is 4. The van der Waals surface area contributed by atoms with Gasteiger partial charge in [0.05, 0.1) is 5.02 Å². The monoisotopic (exact) mass is 281 g/mol. The largest absolute Gasteiger partial charge is 0.338 e. The second kappa shape index (κ2) is 4.79. The Hall–Kier alpha value is -1.66. The summed E-state index contributed by atoms with van der Waals surface area (Å²) >= 11 is 5.75. The number of rotatable bonds is 2. The molecule has 1 aliphatic rings. The van der Waals surface area contributed by atoms with Gasteiger partial charge in [0.15, 0.2) is 5.82 Å². The molecule has 19 heavy (non-hydrogen) atoms. The van der Waals surface area contributed by atoms with E-state index >= 15 is 0 Å². The molecule has 3 N–H and O–H groups in total. The van der Waals surface area contributed by atoms with E-state index in [0.29, 0.717) is 17.3 Å². The number of nitrogens with two attached hydrogens (primary N) is 1. The van der Waals surface area contributed by atoms with Crippen molar-refractivity contribution in [3.63, 3.8) is 0 Å². The Kier molecular flexibility index (Phi) is 3.12. The summed E-state index contributed by atoms with van der Waals surface area (Å²) in [6.07, 6.45) is 0.937. The molecule has 0 spiro atoms. The number of aromatic amines is 1. The van der Waals surface area contributed by atoms with Crippen LogP contribution in [0.3, 0.4) is 0 Å². The summed E-state index contributed by atoms with van der Waals surface area (Å²) in [5.74, 6) is 0.733. The van der Waals surface area contributed by atoms with Gasteiger partial charge in [-0.1, -0.05) is 11.6 Å². The third-order valence-electron chi connectivity index (χ3n) is 3.17. The molecule has 3 rings (SSSR count). The minimum atomic E-state index is -0.448. The van der Waals surface area contributed by atoms with Gasteiger partial charge in [-0.05, 0) is 24.6 Å². The highest BCUT2D eigenvalue weighted by Gasteiger charge is 2.22. The Morgan fingerprint density at radius 3 is 3.00 bits per heavy atom. The Morgan fingerprint density at radius 2 is 2.32 bits per heavy atom. The standard InChI is InChI=1S/C12H13ClFN5/c13-9-5-7(1-2-10(9)14)11-16-12(18-17-11)19-4-3-8(15)6-19/h1-2,5,8H,3-4,6,15H2,(H,16,17,18). The molecule has 1 atom stereocenters. The lowest BCUT2D eigenvalue weighted by Crippen LogP contribution is -2.26. The fourth-order valence-corrected chi connectivity index (χ4v) is 2.32. The van der Waals surface area contributed by atoms with E-state index < -0.39 is 5.82 Å². The Balaban J connectivity index is 1.86. The van der Waals surface area contributed by atoms with Crippen LogP contribution in [0, 0.1) is 5.82 Å². The van der Waals surface area contributed by atoms with Gasteiger partial charge in [0.1, 0.15) is 5.82 Å². The molecule has 1 aliphatic heterocycles. The van der Waals surface area contributed by atoms with E-state index in [2.05, 4.69) is 15.2 Å². The van der Waals surface area contributed by atoms with Gasteiger partial charge < -0.3 is 10.6 Å². The molecule has 0 saturated carbocycles. The van der Waals surface area contributed by atoms with Crippen LogP contribution in [-0.4, -0.2) is 34.3 Å². The van der Waals surface area contributed by atoms with Crippen LogP contribution in [0.15, 0.2) is 18.2 Å². The lowest BCUT2D eigenvalue weighted by Gasteiger charge is -2.11. The van der Waals surface area contributed by atoms with Crippen molar-refractivity contribution in [3.8, 4) is 11.4 Å². The number of halogens is 2. The molecule has 7 heteroatoms. The van der Waals surface area contributed by atoms with Crippen molar-refractivity contribution in [3.05, 3.63) is 29.0 Å². The molecule has 1 unspecified atom stereocenters. The predicted octanol–water partition coefficient (Wildman–Crippen LogP) is 1.80. The van der Waals surface area contributed by atoms with Crippen LogP contribution < -0.4 is 10.6 Å². The Bertz CT molecular complexity index is 600. The van der Waals surface area contributed by atoms with E-state index in [1.54, 1.807) is 6.07 Å². The third-order valence-corrected chi connectivity index (χ3v) is 3.46. The maximum Gasteiger partial charge on any atom is 0.245 e. The summed E-state index contributed by atoms with van der Waals surface area (Å²) in [4.78, 5) is 6.41. The van der Waals surface area contributed by atoms with Gasteiger partial charge in [-0.15, -0.1) is 5.10 Å². The molecule has 0 aliphatic carbocycles. The topological polar surface area (TPSA) is 70.8 Å². The van der Waals surface area contributed by atoms with Crippen LogP contribution in [-0.2, 0) is 0 Å². The van der Waals surface area contributed by atoms with Crippen LogP contribution in [0.4, 0.5) is 10.3 Å². The van der Waals surface area contributed by atoms with Crippen LogP contribution >= 0.6 is 11.6 Å². The molecule has 0 bridgehead atoms. The fraction of sp³-hybridized carbons (Fsp3) is 0.333. The second-order valence-corrected chi connectivity index (χ2v) is 5.01. The number of H-pyrrole nitrogens is 1. The maximum atomic E-state index is 13.1. The van der Waals surface area contributed by atoms with Crippen molar-refractivity contribution in [2.75, 3.05) is 18.0 Å². The summed E-state index contributed by atoms with van der Waals surface area (Å²) < 4.78 is 13.1. The van der Waals surface area contributed by atoms with E-state index in [1.807, 2.05) is 4.90 Å². The zero-order valence-electron chi connectivity index (χ0n) is 10.1. The Labute approximate surface area is 114 Å². The van der Waals surface area contributed by atoms with E-state index in [4.69, 9.17) is 17.3 Å². The van der Waals surface area contributed by atoms with Crippen LogP contribution in [0.25, 0.3) is 11.4 Å².